The number of anilines is 2. The van der Waals surface area contributed by atoms with Gasteiger partial charge >= 0.3 is 0 Å². The zero-order valence-corrected chi connectivity index (χ0v) is 13.8. The van der Waals surface area contributed by atoms with Gasteiger partial charge in [0.25, 0.3) is 0 Å². The zero-order chi connectivity index (χ0) is 15.3. The lowest BCUT2D eigenvalue weighted by atomic mass is 9.95. The van der Waals surface area contributed by atoms with E-state index in [-0.39, 0.29) is 11.5 Å². The highest BCUT2D eigenvalue weighted by Crippen LogP contribution is 2.26. The van der Waals surface area contributed by atoms with E-state index in [1.807, 2.05) is 20.9 Å². The fourth-order valence-electron chi connectivity index (χ4n) is 1.85. The van der Waals surface area contributed by atoms with Crippen LogP contribution in [0.2, 0.25) is 0 Å². The van der Waals surface area contributed by atoms with E-state index in [0.717, 1.165) is 36.2 Å². The minimum Gasteiger partial charge on any atom is -0.377 e. The van der Waals surface area contributed by atoms with Gasteiger partial charge in [0.2, 0.25) is 0 Å². The summed E-state index contributed by atoms with van der Waals surface area (Å²) in [4.78, 5) is 9.26. The van der Waals surface area contributed by atoms with Crippen LogP contribution in [0.5, 0.6) is 0 Å². The maximum Gasteiger partial charge on any atom is 0.138 e. The summed E-state index contributed by atoms with van der Waals surface area (Å²) in [6, 6.07) is 0. The van der Waals surface area contributed by atoms with Gasteiger partial charge in [-0.05, 0) is 20.8 Å². The predicted octanol–water partition coefficient (Wildman–Crippen LogP) is 2.96. The molecule has 0 aliphatic rings. The number of aromatic nitrogens is 2. The lowest BCUT2D eigenvalue weighted by molar-refractivity contribution is 0.0854. The Morgan fingerprint density at radius 3 is 2.30 bits per heavy atom. The SMILES string of the molecule is CCOC(C)CNc1nc(C(C)(C)C)nc(NC)c1C. The summed E-state index contributed by atoms with van der Waals surface area (Å²) in [5.74, 6) is 2.58. The van der Waals surface area contributed by atoms with Gasteiger partial charge in [0, 0.05) is 31.2 Å². The predicted molar refractivity (Wildman–Crippen MR) is 84.6 cm³/mol. The molecule has 1 aromatic rings. The maximum atomic E-state index is 5.54. The number of hydrogen-bond donors (Lipinski definition) is 2. The number of rotatable bonds is 6. The number of nitrogens with one attached hydrogen (secondary N) is 2. The molecule has 114 valence electrons. The smallest absolute Gasteiger partial charge is 0.138 e. The van der Waals surface area contributed by atoms with Gasteiger partial charge < -0.3 is 15.4 Å². The van der Waals surface area contributed by atoms with E-state index in [0.29, 0.717) is 0 Å². The Kier molecular flexibility index (Phi) is 5.74. The summed E-state index contributed by atoms with van der Waals surface area (Å²) in [5.41, 5.74) is 0.950. The highest BCUT2D eigenvalue weighted by molar-refractivity contribution is 5.57. The number of hydrogen-bond acceptors (Lipinski definition) is 5. The van der Waals surface area contributed by atoms with Gasteiger partial charge in [-0.1, -0.05) is 20.8 Å². The van der Waals surface area contributed by atoms with Gasteiger partial charge in [-0.2, -0.15) is 0 Å². The Hall–Kier alpha value is -1.36. The van der Waals surface area contributed by atoms with Crippen LogP contribution in [0.25, 0.3) is 0 Å². The molecular formula is C15H28N4O. The fraction of sp³-hybridized carbons (Fsp3) is 0.733. The zero-order valence-electron chi connectivity index (χ0n) is 13.8. The van der Waals surface area contributed by atoms with Gasteiger partial charge in [0.05, 0.1) is 6.10 Å². The van der Waals surface area contributed by atoms with Crippen LogP contribution in [-0.2, 0) is 10.2 Å². The molecule has 5 heteroatoms. The molecule has 1 rings (SSSR count). The van der Waals surface area contributed by atoms with Crippen LogP contribution in [0.3, 0.4) is 0 Å². The van der Waals surface area contributed by atoms with Gasteiger partial charge in [0.1, 0.15) is 17.5 Å². The molecule has 0 radical (unpaired) electrons. The average Bonchev–Trinajstić information content (AvgIpc) is 2.36. The monoisotopic (exact) mass is 280 g/mol. The first-order valence-electron chi connectivity index (χ1n) is 7.22. The van der Waals surface area contributed by atoms with Crippen LogP contribution in [0.4, 0.5) is 11.6 Å². The lowest BCUT2D eigenvalue weighted by Crippen LogP contribution is -2.23. The van der Waals surface area contributed by atoms with Crippen molar-refractivity contribution in [3.8, 4) is 0 Å². The molecule has 0 saturated carbocycles. The summed E-state index contributed by atoms with van der Waals surface area (Å²) in [6.45, 7) is 13.9. The summed E-state index contributed by atoms with van der Waals surface area (Å²) in [6.07, 6.45) is 0.158. The molecule has 0 aliphatic carbocycles. The molecular weight excluding hydrogens is 252 g/mol. The highest BCUT2D eigenvalue weighted by atomic mass is 16.5. The third-order valence-electron chi connectivity index (χ3n) is 3.06. The summed E-state index contributed by atoms with van der Waals surface area (Å²) in [7, 11) is 1.88. The minimum atomic E-state index is -0.0821. The first-order chi connectivity index (χ1) is 9.29. The quantitative estimate of drug-likeness (QED) is 0.839. The van der Waals surface area contributed by atoms with Gasteiger partial charge in [-0.3, -0.25) is 0 Å². The molecule has 0 fully saturated rings. The number of nitrogens with zero attached hydrogens (tertiary/aromatic N) is 2. The Bertz CT molecular complexity index is 440. The topological polar surface area (TPSA) is 59.1 Å². The summed E-state index contributed by atoms with van der Waals surface area (Å²) >= 11 is 0. The summed E-state index contributed by atoms with van der Waals surface area (Å²) < 4.78 is 5.54. The van der Waals surface area contributed by atoms with Gasteiger partial charge in [-0.15, -0.1) is 0 Å². The Labute approximate surface area is 122 Å². The van der Waals surface area contributed by atoms with Crippen LogP contribution < -0.4 is 10.6 Å². The normalized spacial score (nSPS) is 13.2. The van der Waals surface area contributed by atoms with E-state index in [9.17, 15) is 0 Å². The molecule has 20 heavy (non-hydrogen) atoms. The van der Waals surface area contributed by atoms with Crippen LogP contribution in [0.1, 0.15) is 46.0 Å². The molecule has 2 N–H and O–H groups in total. The van der Waals surface area contributed by atoms with Gasteiger partial charge in [0.15, 0.2) is 0 Å². The van der Waals surface area contributed by atoms with Crippen LogP contribution in [-0.4, -0.2) is 36.3 Å². The second kappa shape index (κ2) is 6.88. The van der Waals surface area contributed by atoms with E-state index < -0.39 is 0 Å². The molecule has 1 heterocycles. The third kappa shape index (κ3) is 4.34. The van der Waals surface area contributed by atoms with Crippen LogP contribution >= 0.6 is 0 Å². The lowest BCUT2D eigenvalue weighted by Gasteiger charge is -2.21. The van der Waals surface area contributed by atoms with Crippen molar-refractivity contribution in [2.45, 2.75) is 53.1 Å². The van der Waals surface area contributed by atoms with E-state index in [1.54, 1.807) is 0 Å². The van der Waals surface area contributed by atoms with Crippen molar-refractivity contribution in [2.24, 2.45) is 0 Å². The Morgan fingerprint density at radius 1 is 1.20 bits per heavy atom. The Morgan fingerprint density at radius 2 is 1.80 bits per heavy atom. The molecule has 0 spiro atoms. The summed E-state index contributed by atoms with van der Waals surface area (Å²) in [5, 5.41) is 6.51. The van der Waals surface area contributed by atoms with E-state index in [2.05, 4.69) is 48.3 Å². The van der Waals surface area contributed by atoms with Crippen molar-refractivity contribution >= 4 is 11.6 Å². The fourth-order valence-corrected chi connectivity index (χ4v) is 1.85. The molecule has 0 bridgehead atoms. The minimum absolute atomic E-state index is 0.0821. The highest BCUT2D eigenvalue weighted by Gasteiger charge is 2.21. The average molecular weight is 280 g/mol. The van der Waals surface area contributed by atoms with Crippen molar-refractivity contribution in [3.63, 3.8) is 0 Å². The molecule has 5 nitrogen and oxygen atoms in total. The standard InChI is InChI=1S/C15H28N4O/c1-8-20-10(2)9-17-13-11(3)12(16-7)18-14(19-13)15(4,5)6/h10H,8-9H2,1-7H3,(H2,16,17,18,19). The van der Waals surface area contributed by atoms with Gasteiger partial charge in [-0.25, -0.2) is 9.97 Å². The first-order valence-corrected chi connectivity index (χ1v) is 7.22. The molecule has 1 aromatic heterocycles. The molecule has 0 amide bonds. The van der Waals surface area contributed by atoms with Crippen molar-refractivity contribution in [2.75, 3.05) is 30.8 Å². The molecule has 0 aliphatic heterocycles. The van der Waals surface area contributed by atoms with E-state index >= 15 is 0 Å². The first kappa shape index (κ1) is 16.7. The van der Waals surface area contributed by atoms with Crippen LogP contribution in [0, 0.1) is 6.92 Å². The van der Waals surface area contributed by atoms with Crippen molar-refractivity contribution in [1.82, 2.24) is 9.97 Å². The van der Waals surface area contributed by atoms with E-state index in [4.69, 9.17) is 4.74 Å². The van der Waals surface area contributed by atoms with Crippen LogP contribution in [0.15, 0.2) is 0 Å². The molecule has 1 unspecified atom stereocenters. The second-order valence-corrected chi connectivity index (χ2v) is 6.02. The van der Waals surface area contributed by atoms with Crippen molar-refractivity contribution in [1.29, 1.82) is 0 Å². The largest absolute Gasteiger partial charge is 0.377 e. The number of ether oxygens (including phenoxy) is 1. The molecule has 0 aromatic carbocycles. The Balaban J connectivity index is 2.99. The third-order valence-corrected chi connectivity index (χ3v) is 3.06. The van der Waals surface area contributed by atoms with Crippen molar-refractivity contribution in [3.05, 3.63) is 11.4 Å². The van der Waals surface area contributed by atoms with E-state index in [1.165, 1.54) is 0 Å². The molecule has 1 atom stereocenters. The maximum absolute atomic E-state index is 5.54. The van der Waals surface area contributed by atoms with Crippen molar-refractivity contribution < 1.29 is 4.74 Å². The second-order valence-electron chi connectivity index (χ2n) is 6.02. The molecule has 0 saturated heterocycles.